The van der Waals surface area contributed by atoms with Crippen molar-refractivity contribution in [2.75, 3.05) is 13.7 Å². The SMILES string of the molecule is CCCCCCCCNCc1ccc(OC)c(O)c1. The van der Waals surface area contributed by atoms with Gasteiger partial charge in [-0.05, 0) is 30.7 Å². The van der Waals surface area contributed by atoms with Crippen LogP contribution in [0.15, 0.2) is 18.2 Å². The van der Waals surface area contributed by atoms with Crippen LogP contribution in [0.4, 0.5) is 0 Å². The van der Waals surface area contributed by atoms with Gasteiger partial charge in [-0.25, -0.2) is 0 Å². The van der Waals surface area contributed by atoms with Crippen LogP contribution < -0.4 is 10.1 Å². The Morgan fingerprint density at radius 2 is 1.84 bits per heavy atom. The van der Waals surface area contributed by atoms with Gasteiger partial charge in [0.15, 0.2) is 11.5 Å². The van der Waals surface area contributed by atoms with Crippen LogP contribution in [-0.2, 0) is 6.54 Å². The lowest BCUT2D eigenvalue weighted by atomic mass is 10.1. The van der Waals surface area contributed by atoms with Gasteiger partial charge in [0.25, 0.3) is 0 Å². The zero-order chi connectivity index (χ0) is 13.9. The van der Waals surface area contributed by atoms with Crippen molar-refractivity contribution >= 4 is 0 Å². The van der Waals surface area contributed by atoms with Crippen LogP contribution in [0.5, 0.6) is 11.5 Å². The molecule has 0 atom stereocenters. The lowest BCUT2D eigenvalue weighted by Gasteiger charge is -2.07. The van der Waals surface area contributed by atoms with Gasteiger partial charge in [-0.1, -0.05) is 45.1 Å². The number of benzene rings is 1. The smallest absolute Gasteiger partial charge is 0.160 e. The van der Waals surface area contributed by atoms with Gasteiger partial charge in [-0.2, -0.15) is 0 Å². The lowest BCUT2D eigenvalue weighted by Crippen LogP contribution is -2.14. The monoisotopic (exact) mass is 265 g/mol. The molecule has 0 fully saturated rings. The third-order valence-electron chi connectivity index (χ3n) is 3.28. The fourth-order valence-electron chi connectivity index (χ4n) is 2.11. The van der Waals surface area contributed by atoms with E-state index >= 15 is 0 Å². The Balaban J connectivity index is 2.11. The topological polar surface area (TPSA) is 41.5 Å². The molecule has 3 heteroatoms. The second kappa shape index (κ2) is 9.68. The molecule has 0 radical (unpaired) electrons. The van der Waals surface area contributed by atoms with Gasteiger partial charge in [-0.3, -0.25) is 0 Å². The van der Waals surface area contributed by atoms with Crippen LogP contribution in [0.3, 0.4) is 0 Å². The van der Waals surface area contributed by atoms with Crippen LogP contribution in [0.25, 0.3) is 0 Å². The minimum atomic E-state index is 0.210. The first-order chi connectivity index (χ1) is 9.27. The van der Waals surface area contributed by atoms with E-state index in [1.54, 1.807) is 19.2 Å². The quantitative estimate of drug-likeness (QED) is 0.631. The molecule has 0 aliphatic heterocycles. The number of unbranched alkanes of at least 4 members (excludes halogenated alkanes) is 5. The molecule has 0 bridgehead atoms. The zero-order valence-corrected chi connectivity index (χ0v) is 12.2. The standard InChI is InChI=1S/C16H27NO2/c1-3-4-5-6-7-8-11-17-13-14-9-10-16(19-2)15(18)12-14/h9-10,12,17-18H,3-8,11,13H2,1-2H3. The van der Waals surface area contributed by atoms with Crippen LogP contribution in [0, 0.1) is 0 Å². The lowest BCUT2D eigenvalue weighted by molar-refractivity contribution is 0.373. The van der Waals surface area contributed by atoms with E-state index in [-0.39, 0.29) is 5.75 Å². The van der Waals surface area contributed by atoms with E-state index in [4.69, 9.17) is 4.74 Å². The molecule has 0 saturated heterocycles. The highest BCUT2D eigenvalue weighted by Gasteiger charge is 2.01. The molecule has 0 heterocycles. The summed E-state index contributed by atoms with van der Waals surface area (Å²) < 4.78 is 5.02. The van der Waals surface area contributed by atoms with Crippen molar-refractivity contribution in [2.24, 2.45) is 0 Å². The summed E-state index contributed by atoms with van der Waals surface area (Å²) in [5.74, 6) is 0.737. The van der Waals surface area contributed by atoms with Gasteiger partial charge in [0, 0.05) is 6.54 Å². The summed E-state index contributed by atoms with van der Waals surface area (Å²) in [6.07, 6.45) is 7.91. The van der Waals surface area contributed by atoms with Crippen LogP contribution in [0.1, 0.15) is 51.0 Å². The Hall–Kier alpha value is -1.22. The highest BCUT2D eigenvalue weighted by Crippen LogP contribution is 2.25. The van der Waals surface area contributed by atoms with Gasteiger partial charge in [0.2, 0.25) is 0 Å². The first-order valence-corrected chi connectivity index (χ1v) is 7.34. The van der Waals surface area contributed by atoms with Crippen molar-refractivity contribution in [3.63, 3.8) is 0 Å². The van der Waals surface area contributed by atoms with Crippen LogP contribution in [-0.4, -0.2) is 18.8 Å². The summed E-state index contributed by atoms with van der Waals surface area (Å²) in [7, 11) is 1.56. The molecule has 0 spiro atoms. The van der Waals surface area contributed by atoms with E-state index in [1.807, 2.05) is 6.07 Å². The Bertz CT molecular complexity index is 353. The van der Waals surface area contributed by atoms with Crippen molar-refractivity contribution in [1.29, 1.82) is 0 Å². The molecule has 0 aliphatic rings. The van der Waals surface area contributed by atoms with Gasteiger partial charge in [-0.15, -0.1) is 0 Å². The number of ether oxygens (including phenoxy) is 1. The third-order valence-corrected chi connectivity index (χ3v) is 3.28. The maximum Gasteiger partial charge on any atom is 0.160 e. The maximum absolute atomic E-state index is 9.66. The summed E-state index contributed by atoms with van der Waals surface area (Å²) >= 11 is 0. The number of phenols is 1. The number of methoxy groups -OCH3 is 1. The number of hydrogen-bond donors (Lipinski definition) is 2. The number of nitrogens with one attached hydrogen (secondary N) is 1. The van der Waals surface area contributed by atoms with E-state index in [0.29, 0.717) is 5.75 Å². The predicted octanol–water partition coefficient (Wildman–Crippen LogP) is 3.85. The van der Waals surface area contributed by atoms with E-state index in [1.165, 1.54) is 38.5 Å². The normalized spacial score (nSPS) is 10.6. The summed E-state index contributed by atoms with van der Waals surface area (Å²) in [4.78, 5) is 0. The highest BCUT2D eigenvalue weighted by atomic mass is 16.5. The predicted molar refractivity (Wildman–Crippen MR) is 79.7 cm³/mol. The largest absolute Gasteiger partial charge is 0.504 e. The Kier molecular flexibility index (Phi) is 8.07. The van der Waals surface area contributed by atoms with Gasteiger partial charge < -0.3 is 15.2 Å². The van der Waals surface area contributed by atoms with Crippen LogP contribution in [0.2, 0.25) is 0 Å². The first kappa shape index (κ1) is 15.8. The Morgan fingerprint density at radius 3 is 2.53 bits per heavy atom. The molecule has 3 nitrogen and oxygen atoms in total. The van der Waals surface area contributed by atoms with Crippen molar-refractivity contribution in [3.05, 3.63) is 23.8 Å². The molecule has 1 rings (SSSR count). The van der Waals surface area contributed by atoms with Crippen molar-refractivity contribution in [2.45, 2.75) is 52.0 Å². The van der Waals surface area contributed by atoms with Gasteiger partial charge >= 0.3 is 0 Å². The van der Waals surface area contributed by atoms with E-state index in [2.05, 4.69) is 12.2 Å². The fraction of sp³-hybridized carbons (Fsp3) is 0.625. The zero-order valence-electron chi connectivity index (χ0n) is 12.2. The molecule has 0 aromatic heterocycles. The Labute approximate surface area is 117 Å². The van der Waals surface area contributed by atoms with E-state index in [0.717, 1.165) is 18.7 Å². The molecule has 0 unspecified atom stereocenters. The molecule has 0 saturated carbocycles. The molecule has 0 aliphatic carbocycles. The summed E-state index contributed by atoms with van der Waals surface area (Å²) in [5, 5.41) is 13.1. The summed E-state index contributed by atoms with van der Waals surface area (Å²) in [5.41, 5.74) is 1.09. The summed E-state index contributed by atoms with van der Waals surface area (Å²) in [6.45, 7) is 4.08. The minimum Gasteiger partial charge on any atom is -0.504 e. The number of phenolic OH excluding ortho intramolecular Hbond substituents is 1. The Morgan fingerprint density at radius 1 is 1.11 bits per heavy atom. The van der Waals surface area contributed by atoms with Gasteiger partial charge in [0.1, 0.15) is 0 Å². The number of hydrogen-bond acceptors (Lipinski definition) is 3. The molecule has 108 valence electrons. The van der Waals surface area contributed by atoms with Crippen molar-refractivity contribution in [1.82, 2.24) is 5.32 Å². The van der Waals surface area contributed by atoms with Crippen LogP contribution >= 0.6 is 0 Å². The van der Waals surface area contributed by atoms with Crippen molar-refractivity contribution < 1.29 is 9.84 Å². The molecule has 2 N–H and O–H groups in total. The highest BCUT2D eigenvalue weighted by molar-refractivity contribution is 5.41. The van der Waals surface area contributed by atoms with Gasteiger partial charge in [0.05, 0.1) is 7.11 Å². The van der Waals surface area contributed by atoms with E-state index < -0.39 is 0 Å². The molecule has 1 aromatic rings. The maximum atomic E-state index is 9.66. The summed E-state index contributed by atoms with van der Waals surface area (Å²) in [6, 6.07) is 5.54. The van der Waals surface area contributed by atoms with E-state index in [9.17, 15) is 5.11 Å². The fourth-order valence-corrected chi connectivity index (χ4v) is 2.11. The minimum absolute atomic E-state index is 0.210. The first-order valence-electron chi connectivity index (χ1n) is 7.34. The molecule has 0 amide bonds. The molecule has 1 aromatic carbocycles. The second-order valence-electron chi connectivity index (χ2n) is 4.95. The number of aromatic hydroxyl groups is 1. The average molecular weight is 265 g/mol. The molecule has 19 heavy (non-hydrogen) atoms. The molecular formula is C16H27NO2. The third kappa shape index (κ3) is 6.48. The average Bonchev–Trinajstić information content (AvgIpc) is 2.42. The molecular weight excluding hydrogens is 238 g/mol. The number of rotatable bonds is 10. The second-order valence-corrected chi connectivity index (χ2v) is 4.95. The van der Waals surface area contributed by atoms with Crippen molar-refractivity contribution in [3.8, 4) is 11.5 Å².